The third-order valence-electron chi connectivity index (χ3n) is 13.0. The molecule has 0 amide bonds. The van der Waals surface area contributed by atoms with Crippen molar-refractivity contribution in [3.05, 3.63) is 180 Å². The average Bonchev–Trinajstić information content (AvgIpc) is 4.07. The van der Waals surface area contributed by atoms with E-state index in [1.54, 1.807) is 0 Å². The van der Waals surface area contributed by atoms with Crippen LogP contribution in [0.4, 0.5) is 0 Å². The molecule has 62 heavy (non-hydrogen) atoms. The Hall–Kier alpha value is -3.78. The first-order valence-corrected chi connectivity index (χ1v) is 29.9. The van der Waals surface area contributed by atoms with Crippen molar-refractivity contribution in [3.63, 3.8) is 0 Å². The predicted octanol–water partition coefficient (Wildman–Crippen LogP) is 17.0. The molecule has 4 atom stereocenters. The molecular formula is C58H61Cl2SiZr-3. The summed E-state index contributed by atoms with van der Waals surface area (Å²) in [7, 11) is 10.7. The van der Waals surface area contributed by atoms with Gasteiger partial charge in [0.05, 0.1) is 9.52 Å². The standard InChI is InChI=1S/2C23H27.C12H7Si.2ClH.Zr/c2*1-5-16(3)19-14-18-10-9-13-22(23(18)15-19)21-12-8-7-11-20(21)17(4)6-2;1-3-7-11-9(5-1)10-6-2-4-8-12(10)13-11;;;/h2*7-17H,5-6H2,1-4H3;1-7H;2*1H;/q3*-1;;;+2/p-2. The number of rotatable bonds is 10. The molecule has 0 saturated heterocycles. The van der Waals surface area contributed by atoms with Gasteiger partial charge in [-0.3, -0.25) is 0 Å². The molecule has 0 spiro atoms. The van der Waals surface area contributed by atoms with Crippen LogP contribution in [-0.2, 0) is 20.8 Å². The Morgan fingerprint density at radius 3 is 1.35 bits per heavy atom. The van der Waals surface area contributed by atoms with Gasteiger partial charge in [-0.1, -0.05) is 175 Å². The van der Waals surface area contributed by atoms with E-state index in [4.69, 9.17) is 17.0 Å². The van der Waals surface area contributed by atoms with Gasteiger partial charge < -0.3 is 0 Å². The van der Waals surface area contributed by atoms with E-state index in [0.29, 0.717) is 23.7 Å². The first-order chi connectivity index (χ1) is 30.2. The molecule has 8 aromatic carbocycles. The monoisotopic (exact) mass is 945 g/mol. The maximum Gasteiger partial charge on any atom is 0.0920 e. The number of benzene rings is 6. The van der Waals surface area contributed by atoms with Gasteiger partial charge in [0, 0.05) is 0 Å². The quantitative estimate of drug-likeness (QED) is 0.0947. The predicted molar refractivity (Wildman–Crippen MR) is 272 cm³/mol. The van der Waals surface area contributed by atoms with Crippen LogP contribution in [0.25, 0.3) is 54.9 Å². The minimum absolute atomic E-state index is 0.588. The Labute approximate surface area is 394 Å². The van der Waals surface area contributed by atoms with E-state index < -0.39 is 20.8 Å². The Bertz CT molecular complexity index is 2470. The molecular weight excluding hydrogens is 887 g/mol. The van der Waals surface area contributed by atoms with Crippen LogP contribution < -0.4 is 10.4 Å². The van der Waals surface area contributed by atoms with E-state index in [2.05, 4.69) is 207 Å². The summed E-state index contributed by atoms with van der Waals surface area (Å²) in [6.07, 6.45) is 4.72. The van der Waals surface area contributed by atoms with Crippen molar-refractivity contribution in [3.8, 4) is 33.4 Å². The second kappa shape index (κ2) is 23.2. The Balaban J connectivity index is 0.000000155. The molecule has 4 unspecified atom stereocenters. The zero-order valence-corrected chi connectivity index (χ0v) is 42.8. The number of hydrogen-bond donors (Lipinski definition) is 0. The molecule has 0 nitrogen and oxygen atoms in total. The van der Waals surface area contributed by atoms with E-state index >= 15 is 0 Å². The van der Waals surface area contributed by atoms with Crippen LogP contribution in [0.3, 0.4) is 0 Å². The normalized spacial score (nSPS) is 13.3. The fourth-order valence-corrected chi connectivity index (χ4v) is 9.85. The van der Waals surface area contributed by atoms with Gasteiger partial charge in [0.15, 0.2) is 0 Å². The van der Waals surface area contributed by atoms with Crippen molar-refractivity contribution in [1.29, 1.82) is 0 Å². The fraction of sp³-hybridized carbons (Fsp3) is 0.276. The Morgan fingerprint density at radius 1 is 0.484 bits per heavy atom. The van der Waals surface area contributed by atoms with Crippen LogP contribution in [0, 0.1) is 6.07 Å². The molecule has 0 bridgehead atoms. The molecule has 1 aliphatic heterocycles. The van der Waals surface area contributed by atoms with E-state index in [1.165, 1.54) is 113 Å². The Morgan fingerprint density at radius 2 is 0.887 bits per heavy atom. The topological polar surface area (TPSA) is 0 Å². The van der Waals surface area contributed by atoms with Gasteiger partial charge in [-0.15, -0.1) is 74.6 Å². The molecule has 9 rings (SSSR count). The van der Waals surface area contributed by atoms with Gasteiger partial charge in [0.1, 0.15) is 0 Å². The summed E-state index contributed by atoms with van der Waals surface area (Å²) in [6.45, 7) is 18.4. The maximum absolute atomic E-state index is 4.93. The van der Waals surface area contributed by atoms with E-state index in [9.17, 15) is 0 Å². The van der Waals surface area contributed by atoms with Crippen LogP contribution in [0.5, 0.6) is 0 Å². The summed E-state index contributed by atoms with van der Waals surface area (Å²) in [5.41, 5.74) is 14.2. The molecule has 0 N–H and O–H groups in total. The van der Waals surface area contributed by atoms with Crippen LogP contribution in [0.15, 0.2) is 152 Å². The minimum Gasteiger partial charge on any atom is -0.184 e. The molecule has 0 aromatic heterocycles. The SMILES string of the molecule is CCC(C)c1cc2c(-c3ccccc3C(C)CC)cccc2[cH-]1.CCC(C)c1cc2c(-c3ccccc3C(C)CC)cccc2[cH-]1.[Cl][Zr][Cl].[c-]1cccc2c1[Si]c1ccccc1-2. The van der Waals surface area contributed by atoms with Crippen molar-refractivity contribution < 1.29 is 20.8 Å². The first-order valence-electron chi connectivity index (χ1n) is 22.6. The maximum atomic E-state index is 4.93. The average molecular weight is 948 g/mol. The zero-order chi connectivity index (χ0) is 44.2. The summed E-state index contributed by atoms with van der Waals surface area (Å²) in [6, 6.07) is 59.0. The molecule has 1 heterocycles. The van der Waals surface area contributed by atoms with Crippen molar-refractivity contribution in [2.24, 2.45) is 0 Å². The molecule has 318 valence electrons. The van der Waals surface area contributed by atoms with Gasteiger partial charge in [-0.2, -0.15) is 41.6 Å². The van der Waals surface area contributed by atoms with Crippen LogP contribution >= 0.6 is 17.0 Å². The van der Waals surface area contributed by atoms with E-state index in [-0.39, 0.29) is 0 Å². The van der Waals surface area contributed by atoms with Gasteiger partial charge >= 0.3 is 37.9 Å². The zero-order valence-electron chi connectivity index (χ0n) is 37.8. The van der Waals surface area contributed by atoms with Gasteiger partial charge in [0.25, 0.3) is 0 Å². The molecule has 4 heteroatoms. The second-order valence-electron chi connectivity index (χ2n) is 16.8. The van der Waals surface area contributed by atoms with E-state index in [1.807, 2.05) is 6.07 Å². The summed E-state index contributed by atoms with van der Waals surface area (Å²) < 4.78 is 0. The van der Waals surface area contributed by atoms with Gasteiger partial charge in [0.2, 0.25) is 0 Å². The summed E-state index contributed by atoms with van der Waals surface area (Å²) in [5, 5.41) is 8.37. The van der Waals surface area contributed by atoms with Crippen LogP contribution in [0.2, 0.25) is 0 Å². The van der Waals surface area contributed by atoms with Crippen molar-refractivity contribution in [1.82, 2.24) is 0 Å². The summed E-state index contributed by atoms with van der Waals surface area (Å²) in [4.78, 5) is 0. The van der Waals surface area contributed by atoms with Crippen LogP contribution in [0.1, 0.15) is 127 Å². The summed E-state index contributed by atoms with van der Waals surface area (Å²) >= 11 is -0.826. The molecule has 8 aromatic rings. The molecule has 1 aliphatic rings. The summed E-state index contributed by atoms with van der Waals surface area (Å²) in [5.74, 6) is 2.43. The van der Waals surface area contributed by atoms with Crippen molar-refractivity contribution in [2.75, 3.05) is 0 Å². The molecule has 2 radical (unpaired) electrons. The smallest absolute Gasteiger partial charge is 0.0920 e. The second-order valence-corrected chi connectivity index (χ2v) is 21.8. The molecule has 0 aliphatic carbocycles. The van der Waals surface area contributed by atoms with Crippen molar-refractivity contribution >= 4 is 58.5 Å². The van der Waals surface area contributed by atoms with Crippen LogP contribution in [-0.4, -0.2) is 9.52 Å². The fourth-order valence-electron chi connectivity index (χ4n) is 8.54. The molecule has 0 saturated carbocycles. The largest absolute Gasteiger partial charge is 0.184 e. The molecule has 0 fully saturated rings. The van der Waals surface area contributed by atoms with Crippen molar-refractivity contribution in [2.45, 2.75) is 105 Å². The first kappa shape index (κ1) is 47.7. The minimum atomic E-state index is -0.826. The third-order valence-corrected chi connectivity index (χ3v) is 14.4. The number of halogens is 2. The Kier molecular flexibility index (Phi) is 17.9. The van der Waals surface area contributed by atoms with E-state index in [0.717, 1.165) is 9.52 Å². The van der Waals surface area contributed by atoms with Gasteiger partial charge in [-0.25, -0.2) is 0 Å². The number of fused-ring (bicyclic) bond motifs is 5. The van der Waals surface area contributed by atoms with Gasteiger partial charge in [-0.05, 0) is 58.8 Å². The number of hydrogen-bond acceptors (Lipinski definition) is 0. The third kappa shape index (κ3) is 11.1.